The minimum absolute atomic E-state index is 0.0521. The molecule has 7 heteroatoms. The third-order valence-corrected chi connectivity index (χ3v) is 6.06. The standard InChI is InChI=1S/C23H15Cl4O3/c24-17-10-9-16(13-20(17)27)23(14-28,21-18(25)7-4-8-19(21)26)11-12-30-22(29)15-5-2-1-3-6-15/h1-10,13H,11-12H2. The summed E-state index contributed by atoms with van der Waals surface area (Å²) in [4.78, 5) is 24.7. The van der Waals surface area contributed by atoms with Crippen LogP contribution in [0.5, 0.6) is 0 Å². The number of hydrogen-bond acceptors (Lipinski definition) is 3. The molecule has 0 aliphatic rings. The molecule has 3 rings (SSSR count). The van der Waals surface area contributed by atoms with Crippen molar-refractivity contribution < 1.29 is 14.3 Å². The Hall–Kier alpha value is -2.04. The van der Waals surface area contributed by atoms with Crippen LogP contribution in [-0.4, -0.2) is 18.9 Å². The summed E-state index contributed by atoms with van der Waals surface area (Å²) in [5.41, 5.74) is -0.167. The second kappa shape index (κ2) is 9.84. The largest absolute Gasteiger partial charge is 0.462 e. The van der Waals surface area contributed by atoms with E-state index in [9.17, 15) is 9.59 Å². The van der Waals surface area contributed by atoms with E-state index in [2.05, 4.69) is 6.29 Å². The second-order valence-corrected chi connectivity index (χ2v) is 8.11. The molecule has 0 aliphatic heterocycles. The van der Waals surface area contributed by atoms with Crippen molar-refractivity contribution in [2.45, 2.75) is 11.8 Å². The van der Waals surface area contributed by atoms with Gasteiger partial charge in [-0.2, -0.15) is 0 Å². The van der Waals surface area contributed by atoms with Gasteiger partial charge in [0.05, 0.1) is 27.6 Å². The highest BCUT2D eigenvalue weighted by Crippen LogP contribution is 2.43. The van der Waals surface area contributed by atoms with Gasteiger partial charge >= 0.3 is 5.97 Å². The molecule has 0 aliphatic carbocycles. The Bertz CT molecular complexity index is 1050. The first kappa shape index (κ1) is 22.6. The maximum atomic E-state index is 12.4. The van der Waals surface area contributed by atoms with E-state index in [1.165, 1.54) is 0 Å². The molecule has 0 heterocycles. The monoisotopic (exact) mass is 479 g/mol. The molecule has 3 aromatic carbocycles. The highest BCUT2D eigenvalue weighted by molar-refractivity contribution is 6.42. The van der Waals surface area contributed by atoms with Gasteiger partial charge < -0.3 is 4.74 Å². The van der Waals surface area contributed by atoms with Crippen LogP contribution in [0.2, 0.25) is 20.1 Å². The zero-order chi connectivity index (χ0) is 21.7. The van der Waals surface area contributed by atoms with Crippen LogP contribution in [0.1, 0.15) is 27.9 Å². The van der Waals surface area contributed by atoms with Gasteiger partial charge in [0.2, 0.25) is 6.29 Å². The van der Waals surface area contributed by atoms with E-state index in [1.54, 1.807) is 66.7 Å². The molecule has 0 amide bonds. The first-order valence-corrected chi connectivity index (χ1v) is 10.4. The summed E-state index contributed by atoms with van der Waals surface area (Å²) in [6.45, 7) is -0.0786. The molecule has 3 aromatic rings. The summed E-state index contributed by atoms with van der Waals surface area (Å²) < 4.78 is 5.40. The van der Waals surface area contributed by atoms with Crippen LogP contribution in [0.3, 0.4) is 0 Å². The third-order valence-electron chi connectivity index (χ3n) is 4.70. The molecule has 0 bridgehead atoms. The number of carbonyl (C=O) groups excluding carboxylic acids is 2. The molecule has 0 spiro atoms. The van der Waals surface area contributed by atoms with E-state index in [0.717, 1.165) is 0 Å². The summed E-state index contributed by atoms with van der Waals surface area (Å²) in [5.74, 6) is -0.505. The lowest BCUT2D eigenvalue weighted by molar-refractivity contribution is 0.0489. The van der Waals surface area contributed by atoms with Crippen LogP contribution in [0.4, 0.5) is 0 Å². The number of esters is 1. The predicted octanol–water partition coefficient (Wildman–Crippen LogP) is 6.94. The first-order chi connectivity index (χ1) is 14.4. The van der Waals surface area contributed by atoms with Crippen LogP contribution in [-0.2, 0) is 14.9 Å². The molecular formula is C23H15Cl4O3. The Balaban J connectivity index is 2.00. The number of rotatable bonds is 7. The summed E-state index contributed by atoms with van der Waals surface area (Å²) in [6, 6.07) is 18.3. The van der Waals surface area contributed by atoms with Crippen molar-refractivity contribution >= 4 is 58.7 Å². The molecule has 1 radical (unpaired) electrons. The van der Waals surface area contributed by atoms with Crippen LogP contribution < -0.4 is 0 Å². The SMILES string of the molecule is O=[C]C(CCOC(=O)c1ccccc1)(c1ccc(Cl)c(Cl)c1)c1c(Cl)cccc1Cl. The van der Waals surface area contributed by atoms with Gasteiger partial charge in [-0.3, -0.25) is 4.79 Å². The molecule has 153 valence electrons. The minimum atomic E-state index is -1.42. The zero-order valence-corrected chi connectivity index (χ0v) is 18.5. The van der Waals surface area contributed by atoms with Gasteiger partial charge in [0.25, 0.3) is 0 Å². The summed E-state index contributed by atoms with van der Waals surface area (Å²) in [6.07, 6.45) is 2.13. The van der Waals surface area contributed by atoms with Gasteiger partial charge in [-0.25, -0.2) is 4.79 Å². The molecule has 1 unspecified atom stereocenters. The van der Waals surface area contributed by atoms with Crippen molar-refractivity contribution in [1.29, 1.82) is 0 Å². The van der Waals surface area contributed by atoms with Gasteiger partial charge in [0.1, 0.15) is 0 Å². The van der Waals surface area contributed by atoms with Crippen molar-refractivity contribution in [3.63, 3.8) is 0 Å². The van der Waals surface area contributed by atoms with Crippen molar-refractivity contribution in [2.75, 3.05) is 6.61 Å². The molecule has 0 saturated heterocycles. The fraction of sp³-hybridized carbons (Fsp3) is 0.130. The summed E-state index contributed by atoms with van der Waals surface area (Å²) >= 11 is 25.1. The van der Waals surface area contributed by atoms with Crippen molar-refractivity contribution in [2.24, 2.45) is 0 Å². The Labute approximate surface area is 194 Å². The Morgan fingerprint density at radius 1 is 0.833 bits per heavy atom. The minimum Gasteiger partial charge on any atom is -0.462 e. The summed E-state index contributed by atoms with van der Waals surface area (Å²) in [5, 5.41) is 1.16. The zero-order valence-electron chi connectivity index (χ0n) is 15.5. The number of hydrogen-bond donors (Lipinski definition) is 0. The van der Waals surface area contributed by atoms with Gasteiger partial charge in [-0.15, -0.1) is 0 Å². The van der Waals surface area contributed by atoms with Gasteiger partial charge in [-0.1, -0.05) is 76.7 Å². The molecule has 0 saturated carbocycles. The first-order valence-electron chi connectivity index (χ1n) is 8.90. The van der Waals surface area contributed by atoms with Crippen LogP contribution >= 0.6 is 46.4 Å². The maximum Gasteiger partial charge on any atom is 0.338 e. The fourth-order valence-corrected chi connectivity index (χ4v) is 4.21. The average molecular weight is 481 g/mol. The lowest BCUT2D eigenvalue weighted by Crippen LogP contribution is -2.32. The number of ether oxygens (including phenoxy) is 1. The molecule has 0 fully saturated rings. The third kappa shape index (κ3) is 4.65. The number of halogens is 4. The molecule has 30 heavy (non-hydrogen) atoms. The highest BCUT2D eigenvalue weighted by Gasteiger charge is 2.39. The van der Waals surface area contributed by atoms with E-state index in [0.29, 0.717) is 21.7 Å². The second-order valence-electron chi connectivity index (χ2n) is 6.48. The molecule has 1 atom stereocenters. The topological polar surface area (TPSA) is 43.4 Å². The van der Waals surface area contributed by atoms with E-state index in [-0.39, 0.29) is 28.1 Å². The molecule has 0 aromatic heterocycles. The van der Waals surface area contributed by atoms with E-state index in [4.69, 9.17) is 51.1 Å². The predicted molar refractivity (Wildman–Crippen MR) is 121 cm³/mol. The lowest BCUT2D eigenvalue weighted by Gasteiger charge is -2.30. The maximum absolute atomic E-state index is 12.4. The Morgan fingerprint density at radius 2 is 1.50 bits per heavy atom. The van der Waals surface area contributed by atoms with E-state index >= 15 is 0 Å². The van der Waals surface area contributed by atoms with Crippen LogP contribution in [0, 0.1) is 0 Å². The smallest absolute Gasteiger partial charge is 0.338 e. The van der Waals surface area contributed by atoms with Crippen molar-refractivity contribution in [3.8, 4) is 0 Å². The Morgan fingerprint density at radius 3 is 2.10 bits per heavy atom. The fourth-order valence-electron chi connectivity index (χ4n) is 3.20. The molecule has 0 N–H and O–H groups in total. The molecular weight excluding hydrogens is 466 g/mol. The van der Waals surface area contributed by atoms with Gasteiger partial charge in [-0.05, 0) is 42.0 Å². The Kier molecular flexibility index (Phi) is 7.43. The van der Waals surface area contributed by atoms with Crippen molar-refractivity contribution in [1.82, 2.24) is 0 Å². The normalized spacial score (nSPS) is 12.8. The number of carbonyl (C=O) groups is 1. The highest BCUT2D eigenvalue weighted by atomic mass is 35.5. The van der Waals surface area contributed by atoms with Crippen molar-refractivity contribution in [3.05, 3.63) is 104 Å². The van der Waals surface area contributed by atoms with Crippen LogP contribution in [0.15, 0.2) is 66.7 Å². The molecule has 3 nitrogen and oxygen atoms in total. The van der Waals surface area contributed by atoms with Gasteiger partial charge in [0.15, 0.2) is 0 Å². The number of benzene rings is 3. The average Bonchev–Trinajstić information content (AvgIpc) is 2.75. The summed E-state index contributed by atoms with van der Waals surface area (Å²) in [7, 11) is 0. The van der Waals surface area contributed by atoms with Gasteiger partial charge in [0, 0.05) is 22.0 Å². The van der Waals surface area contributed by atoms with Crippen LogP contribution in [0.25, 0.3) is 0 Å². The quantitative estimate of drug-likeness (QED) is 0.344. The lowest BCUT2D eigenvalue weighted by atomic mass is 9.73. The van der Waals surface area contributed by atoms with E-state index < -0.39 is 11.4 Å². The van der Waals surface area contributed by atoms with E-state index in [1.807, 2.05) is 0 Å².